The summed E-state index contributed by atoms with van der Waals surface area (Å²) in [4.78, 5) is 0. The summed E-state index contributed by atoms with van der Waals surface area (Å²) in [6.45, 7) is 1.68. The molecule has 0 atom stereocenters. The second-order valence-corrected chi connectivity index (χ2v) is 5.37. The van der Waals surface area contributed by atoms with Crippen LogP contribution >= 0.6 is 0 Å². The first-order chi connectivity index (χ1) is 9.85. The van der Waals surface area contributed by atoms with Crippen LogP contribution in [0.2, 0.25) is 0 Å². The molecular weight excluding hydrogens is 244 g/mol. The molecule has 2 aromatic carbocycles. The van der Waals surface area contributed by atoms with Crippen molar-refractivity contribution in [3.8, 4) is 6.07 Å². The van der Waals surface area contributed by atoms with Crippen molar-refractivity contribution in [2.45, 2.75) is 32.4 Å². The van der Waals surface area contributed by atoms with Crippen LogP contribution < -0.4 is 5.32 Å². The lowest BCUT2D eigenvalue weighted by atomic mass is 10.1. The Hall–Kier alpha value is -2.11. The molecular formula is C18H18N2. The molecule has 0 unspecified atom stereocenters. The molecule has 2 heteroatoms. The molecule has 20 heavy (non-hydrogen) atoms. The third-order valence-corrected chi connectivity index (χ3v) is 3.88. The van der Waals surface area contributed by atoms with E-state index in [1.807, 2.05) is 18.2 Å². The molecule has 3 rings (SSSR count). The van der Waals surface area contributed by atoms with Crippen molar-refractivity contribution in [1.82, 2.24) is 5.32 Å². The van der Waals surface area contributed by atoms with Gasteiger partial charge >= 0.3 is 0 Å². The molecule has 0 saturated heterocycles. The van der Waals surface area contributed by atoms with Gasteiger partial charge in [-0.25, -0.2) is 0 Å². The van der Waals surface area contributed by atoms with Crippen LogP contribution in [-0.2, 0) is 25.9 Å². The molecule has 0 bridgehead atoms. The summed E-state index contributed by atoms with van der Waals surface area (Å²) < 4.78 is 0. The van der Waals surface area contributed by atoms with Gasteiger partial charge in [-0.15, -0.1) is 0 Å². The van der Waals surface area contributed by atoms with Crippen LogP contribution in [0, 0.1) is 11.3 Å². The molecule has 0 amide bonds. The zero-order valence-electron chi connectivity index (χ0n) is 11.5. The Kier molecular flexibility index (Phi) is 3.80. The van der Waals surface area contributed by atoms with Gasteiger partial charge in [-0.2, -0.15) is 5.26 Å². The highest BCUT2D eigenvalue weighted by Crippen LogP contribution is 2.22. The van der Waals surface area contributed by atoms with Crippen molar-refractivity contribution in [2.75, 3.05) is 0 Å². The number of hydrogen-bond donors (Lipinski definition) is 1. The topological polar surface area (TPSA) is 35.8 Å². The van der Waals surface area contributed by atoms with Crippen LogP contribution in [0.4, 0.5) is 0 Å². The molecule has 0 fully saturated rings. The van der Waals surface area contributed by atoms with Crippen LogP contribution in [0.5, 0.6) is 0 Å². The number of fused-ring (bicyclic) bond motifs is 1. The van der Waals surface area contributed by atoms with Crippen LogP contribution in [0.1, 0.15) is 34.2 Å². The van der Waals surface area contributed by atoms with E-state index in [-0.39, 0.29) is 0 Å². The van der Waals surface area contributed by atoms with Gasteiger partial charge in [0.15, 0.2) is 0 Å². The van der Waals surface area contributed by atoms with E-state index in [4.69, 9.17) is 5.26 Å². The van der Waals surface area contributed by atoms with Crippen molar-refractivity contribution in [3.63, 3.8) is 0 Å². The maximum Gasteiger partial charge on any atom is 0.0991 e. The summed E-state index contributed by atoms with van der Waals surface area (Å²) in [6.07, 6.45) is 3.77. The Morgan fingerprint density at radius 2 is 1.75 bits per heavy atom. The zero-order chi connectivity index (χ0) is 13.8. The summed E-state index contributed by atoms with van der Waals surface area (Å²) in [5.41, 5.74) is 6.28. The summed E-state index contributed by atoms with van der Waals surface area (Å²) in [5.74, 6) is 0. The molecule has 0 saturated carbocycles. The summed E-state index contributed by atoms with van der Waals surface area (Å²) in [6, 6.07) is 16.8. The fourth-order valence-corrected chi connectivity index (χ4v) is 2.84. The quantitative estimate of drug-likeness (QED) is 0.917. The van der Waals surface area contributed by atoms with Crippen LogP contribution in [0.25, 0.3) is 0 Å². The van der Waals surface area contributed by atoms with Crippen molar-refractivity contribution < 1.29 is 0 Å². The van der Waals surface area contributed by atoms with Gasteiger partial charge in [0, 0.05) is 13.1 Å². The van der Waals surface area contributed by atoms with E-state index < -0.39 is 0 Å². The molecule has 0 spiro atoms. The number of rotatable bonds is 4. The maximum absolute atomic E-state index is 8.88. The van der Waals surface area contributed by atoms with Crippen molar-refractivity contribution in [3.05, 3.63) is 70.3 Å². The fraction of sp³-hybridized carbons (Fsp3) is 0.278. The Morgan fingerprint density at radius 3 is 2.60 bits per heavy atom. The number of hydrogen-bond acceptors (Lipinski definition) is 2. The van der Waals surface area contributed by atoms with E-state index in [0.29, 0.717) is 0 Å². The van der Waals surface area contributed by atoms with Crippen molar-refractivity contribution >= 4 is 0 Å². The Bertz CT molecular complexity index is 653. The largest absolute Gasteiger partial charge is 0.309 e. The van der Waals surface area contributed by atoms with Gasteiger partial charge in [-0.1, -0.05) is 30.3 Å². The molecule has 0 radical (unpaired) electrons. The van der Waals surface area contributed by atoms with Crippen LogP contribution in [0.15, 0.2) is 42.5 Å². The molecule has 1 aliphatic rings. The van der Waals surface area contributed by atoms with Gasteiger partial charge in [0.1, 0.15) is 0 Å². The molecule has 2 nitrogen and oxygen atoms in total. The van der Waals surface area contributed by atoms with E-state index in [2.05, 4.69) is 35.7 Å². The molecule has 0 heterocycles. The molecule has 0 aromatic heterocycles. The summed E-state index contributed by atoms with van der Waals surface area (Å²) in [5, 5.41) is 12.3. The van der Waals surface area contributed by atoms with Gasteiger partial charge in [-0.3, -0.25) is 0 Å². The van der Waals surface area contributed by atoms with Gasteiger partial charge < -0.3 is 5.32 Å². The summed E-state index contributed by atoms with van der Waals surface area (Å²) in [7, 11) is 0. The predicted molar refractivity (Wildman–Crippen MR) is 80.2 cm³/mol. The summed E-state index contributed by atoms with van der Waals surface area (Å²) >= 11 is 0. The van der Waals surface area contributed by atoms with Crippen molar-refractivity contribution in [1.29, 1.82) is 5.26 Å². The highest BCUT2D eigenvalue weighted by atomic mass is 14.8. The zero-order valence-corrected chi connectivity index (χ0v) is 11.5. The first kappa shape index (κ1) is 12.9. The highest BCUT2D eigenvalue weighted by molar-refractivity contribution is 5.35. The van der Waals surface area contributed by atoms with Gasteiger partial charge in [0.2, 0.25) is 0 Å². The third kappa shape index (κ3) is 2.89. The maximum atomic E-state index is 8.88. The third-order valence-electron chi connectivity index (χ3n) is 3.88. The normalized spacial score (nSPS) is 12.9. The fourth-order valence-electron chi connectivity index (χ4n) is 2.84. The average Bonchev–Trinajstić information content (AvgIpc) is 2.95. The van der Waals surface area contributed by atoms with Gasteiger partial charge in [-0.05, 0) is 53.6 Å². The van der Waals surface area contributed by atoms with Crippen LogP contribution in [0.3, 0.4) is 0 Å². The van der Waals surface area contributed by atoms with E-state index in [0.717, 1.165) is 24.2 Å². The molecule has 0 aliphatic heterocycles. The van der Waals surface area contributed by atoms with Gasteiger partial charge in [0.25, 0.3) is 0 Å². The van der Waals surface area contributed by atoms with E-state index in [1.165, 1.54) is 36.0 Å². The number of nitrogens with zero attached hydrogens (tertiary/aromatic N) is 1. The number of nitrogens with one attached hydrogen (secondary N) is 1. The van der Waals surface area contributed by atoms with E-state index >= 15 is 0 Å². The second-order valence-electron chi connectivity index (χ2n) is 5.37. The standard InChI is InChI=1S/C18H18N2/c19-11-14-3-1-4-15(9-14)12-20-13-16-7-8-17-5-2-6-18(17)10-16/h1,3-4,7-10,20H,2,5-6,12-13H2. The Morgan fingerprint density at radius 1 is 0.950 bits per heavy atom. The molecule has 2 aromatic rings. The first-order valence-electron chi connectivity index (χ1n) is 7.15. The lowest BCUT2D eigenvalue weighted by Gasteiger charge is -2.07. The molecule has 100 valence electrons. The van der Waals surface area contributed by atoms with Gasteiger partial charge in [0.05, 0.1) is 11.6 Å². The Labute approximate surface area is 120 Å². The SMILES string of the molecule is N#Cc1cccc(CNCc2ccc3c(c2)CCC3)c1. The van der Waals surface area contributed by atoms with Crippen molar-refractivity contribution in [2.24, 2.45) is 0 Å². The molecule has 1 aliphatic carbocycles. The Balaban J connectivity index is 1.58. The lowest BCUT2D eigenvalue weighted by Crippen LogP contribution is -2.12. The lowest BCUT2D eigenvalue weighted by molar-refractivity contribution is 0.692. The monoisotopic (exact) mass is 262 g/mol. The highest BCUT2D eigenvalue weighted by Gasteiger charge is 2.10. The van der Waals surface area contributed by atoms with Crippen LogP contribution in [-0.4, -0.2) is 0 Å². The van der Waals surface area contributed by atoms with E-state index in [1.54, 1.807) is 0 Å². The number of aryl methyl sites for hydroxylation is 2. The predicted octanol–water partition coefficient (Wildman–Crippen LogP) is 3.34. The number of nitriles is 1. The first-order valence-corrected chi connectivity index (χ1v) is 7.15. The molecule has 1 N–H and O–H groups in total. The minimum absolute atomic E-state index is 0.724. The minimum Gasteiger partial charge on any atom is -0.309 e. The smallest absolute Gasteiger partial charge is 0.0991 e. The average molecular weight is 262 g/mol. The number of benzene rings is 2. The minimum atomic E-state index is 0.724. The van der Waals surface area contributed by atoms with E-state index in [9.17, 15) is 0 Å². The second kappa shape index (κ2) is 5.90.